The molecule has 4 N–H and O–H groups in total. The van der Waals surface area contributed by atoms with Crippen LogP contribution >= 0.6 is 0 Å². The lowest BCUT2D eigenvalue weighted by molar-refractivity contribution is -0.144. The molecule has 0 bridgehead atoms. The van der Waals surface area contributed by atoms with E-state index >= 15 is 0 Å². The second kappa shape index (κ2) is 11.1. The Hall–Kier alpha value is -3.26. The number of aliphatic carboxylic acids is 1. The van der Waals surface area contributed by atoms with Gasteiger partial charge < -0.3 is 20.1 Å². The van der Waals surface area contributed by atoms with Gasteiger partial charge in [0, 0.05) is 12.5 Å². The number of phenols is 2. The molecule has 2 rings (SSSR count). The third-order valence-electron chi connectivity index (χ3n) is 4.37. The van der Waals surface area contributed by atoms with E-state index in [1.54, 1.807) is 6.08 Å². The van der Waals surface area contributed by atoms with Crippen molar-refractivity contribution in [2.75, 3.05) is 6.61 Å². The summed E-state index contributed by atoms with van der Waals surface area (Å²) in [6.45, 7) is 3.30. The molecule has 1 atom stereocenters. The molecule has 0 unspecified atom stereocenters. The fourth-order valence-corrected chi connectivity index (χ4v) is 2.83. The molecule has 1 aliphatic rings. The number of carbonyl (C=O) groups excluding carboxylic acids is 1. The number of ether oxygens (including phenoxy) is 1. The van der Waals surface area contributed by atoms with Gasteiger partial charge >= 0.3 is 11.9 Å². The Morgan fingerprint density at radius 1 is 1.23 bits per heavy atom. The number of allylic oxidation sites excluding steroid dienone is 3. The first-order valence-corrected chi connectivity index (χ1v) is 9.67. The van der Waals surface area contributed by atoms with E-state index in [0.717, 1.165) is 18.9 Å². The highest BCUT2D eigenvalue weighted by Gasteiger charge is 2.24. The number of esters is 1. The monoisotopic (exact) mass is 417 g/mol. The van der Waals surface area contributed by atoms with Gasteiger partial charge in [-0.25, -0.2) is 9.59 Å². The van der Waals surface area contributed by atoms with Crippen LogP contribution in [-0.4, -0.2) is 40.0 Å². The molecule has 0 aromatic heterocycles. The molecular formula is C22H27NO7. The van der Waals surface area contributed by atoms with Crippen molar-refractivity contribution in [1.82, 2.24) is 5.48 Å². The number of carboxylic acids is 1. The van der Waals surface area contributed by atoms with Gasteiger partial charge in [-0.1, -0.05) is 32.1 Å². The molecule has 1 heterocycles. The predicted molar refractivity (Wildman–Crippen MR) is 111 cm³/mol. The van der Waals surface area contributed by atoms with Gasteiger partial charge in [0.25, 0.3) is 0 Å². The first kappa shape index (κ1) is 23.0. The van der Waals surface area contributed by atoms with Crippen LogP contribution in [0.4, 0.5) is 0 Å². The van der Waals surface area contributed by atoms with E-state index in [9.17, 15) is 19.8 Å². The average molecular weight is 417 g/mol. The lowest BCUT2D eigenvalue weighted by Crippen LogP contribution is -2.24. The van der Waals surface area contributed by atoms with Crippen LogP contribution in [0.1, 0.15) is 49.0 Å². The Morgan fingerprint density at radius 2 is 1.97 bits per heavy atom. The summed E-state index contributed by atoms with van der Waals surface area (Å²) >= 11 is 0. The molecule has 8 heteroatoms. The summed E-state index contributed by atoms with van der Waals surface area (Å²) in [5, 5.41) is 29.0. The minimum Gasteiger partial charge on any atom is -0.508 e. The number of nitrogens with one attached hydrogen (secondary N) is 1. The van der Waals surface area contributed by atoms with E-state index in [2.05, 4.69) is 5.48 Å². The van der Waals surface area contributed by atoms with E-state index in [0.29, 0.717) is 12.1 Å². The van der Waals surface area contributed by atoms with E-state index in [4.69, 9.17) is 14.7 Å². The second-order valence-electron chi connectivity index (χ2n) is 7.19. The van der Waals surface area contributed by atoms with E-state index < -0.39 is 24.3 Å². The first-order chi connectivity index (χ1) is 14.3. The molecule has 0 fully saturated rings. The molecule has 0 amide bonds. The zero-order chi connectivity index (χ0) is 22.1. The highest BCUT2D eigenvalue weighted by molar-refractivity contribution is 5.97. The van der Waals surface area contributed by atoms with Gasteiger partial charge in [-0.3, -0.25) is 10.3 Å². The predicted octanol–water partition coefficient (Wildman–Crippen LogP) is 3.52. The van der Waals surface area contributed by atoms with Crippen LogP contribution in [0.3, 0.4) is 0 Å². The van der Waals surface area contributed by atoms with E-state index in [1.165, 1.54) is 12.1 Å². The molecule has 1 aromatic carbocycles. The zero-order valence-electron chi connectivity index (χ0n) is 17.0. The largest absolute Gasteiger partial charge is 0.508 e. The fourth-order valence-electron chi connectivity index (χ4n) is 2.83. The number of aromatic hydroxyl groups is 2. The van der Waals surface area contributed by atoms with Crippen molar-refractivity contribution in [3.8, 4) is 11.5 Å². The van der Waals surface area contributed by atoms with Crippen molar-refractivity contribution < 1.29 is 34.5 Å². The summed E-state index contributed by atoms with van der Waals surface area (Å²) in [5.41, 5.74) is 2.93. The maximum Gasteiger partial charge on any atom is 0.342 e. The van der Waals surface area contributed by atoms with Gasteiger partial charge in [-0.2, -0.15) is 0 Å². The lowest BCUT2D eigenvalue weighted by atomic mass is 10.0. The number of benzene rings is 1. The normalized spacial score (nSPS) is 20.4. The van der Waals surface area contributed by atoms with E-state index in [-0.39, 0.29) is 28.9 Å². The first-order valence-electron chi connectivity index (χ1n) is 9.67. The third-order valence-corrected chi connectivity index (χ3v) is 4.37. The molecule has 0 saturated carbocycles. The molecule has 0 saturated heterocycles. The van der Waals surface area contributed by atoms with Crippen molar-refractivity contribution in [3.63, 3.8) is 0 Å². The number of phenolic OH excluding ortho intramolecular Hbond substituents is 2. The molecule has 162 valence electrons. The van der Waals surface area contributed by atoms with Crippen molar-refractivity contribution in [1.29, 1.82) is 0 Å². The average Bonchev–Trinajstić information content (AvgIpc) is 2.64. The number of hydrogen-bond donors (Lipinski definition) is 4. The van der Waals surface area contributed by atoms with Crippen molar-refractivity contribution in [3.05, 3.63) is 53.3 Å². The summed E-state index contributed by atoms with van der Waals surface area (Å²) in [5.74, 6) is -2.48. The van der Waals surface area contributed by atoms with E-state index in [1.807, 2.05) is 32.1 Å². The van der Waals surface area contributed by atoms with Crippen LogP contribution in [0.25, 0.3) is 6.08 Å². The second-order valence-corrected chi connectivity index (χ2v) is 7.19. The number of carbonyl (C=O) groups is 2. The summed E-state index contributed by atoms with van der Waals surface area (Å²) in [4.78, 5) is 28.5. The molecule has 30 heavy (non-hydrogen) atoms. The fraction of sp³-hybridized carbons (Fsp3) is 0.364. The molecule has 0 radical (unpaired) electrons. The molecular weight excluding hydrogens is 390 g/mol. The van der Waals surface area contributed by atoms with Gasteiger partial charge in [0.05, 0.1) is 5.70 Å². The SMILES string of the molecule is CC(C)[C@@H]1CC=CCC/C=C/C(NOCC(=O)O)=C/c2cc(O)cc(O)c2C(=O)O1. The van der Waals surface area contributed by atoms with Crippen molar-refractivity contribution in [2.45, 2.75) is 39.2 Å². The van der Waals surface area contributed by atoms with Crippen LogP contribution in [0, 0.1) is 5.92 Å². The molecule has 0 aliphatic carbocycles. The zero-order valence-corrected chi connectivity index (χ0v) is 17.0. The minimum atomic E-state index is -1.16. The third kappa shape index (κ3) is 6.97. The number of hydrogen-bond acceptors (Lipinski definition) is 7. The molecule has 8 nitrogen and oxygen atoms in total. The Bertz CT molecular complexity index is 855. The number of fused-ring (bicyclic) bond motifs is 1. The highest BCUT2D eigenvalue weighted by Crippen LogP contribution is 2.30. The summed E-state index contributed by atoms with van der Waals surface area (Å²) < 4.78 is 5.64. The lowest BCUT2D eigenvalue weighted by Gasteiger charge is -2.21. The van der Waals surface area contributed by atoms with Gasteiger partial charge in [0.1, 0.15) is 23.2 Å². The molecule has 1 aromatic rings. The van der Waals surface area contributed by atoms with Crippen LogP contribution in [0.2, 0.25) is 0 Å². The van der Waals surface area contributed by atoms with Gasteiger partial charge in [0.15, 0.2) is 6.61 Å². The van der Waals surface area contributed by atoms with Crippen molar-refractivity contribution >= 4 is 18.0 Å². The summed E-state index contributed by atoms with van der Waals surface area (Å²) in [6.07, 6.45) is 10.6. The number of cyclic esters (lactones) is 1. The standard InChI is InChI=1S/C22H27NO7/c1-14(2)19-9-7-5-3-4-6-8-16(23-29-13-20(26)27)10-15-11-17(24)12-18(25)21(15)22(28)30-19/h5-8,10-12,14,19,23-25H,3-4,9,13H2,1-2H3,(H,26,27)/b7-5?,8-6+,16-10-/t19-/m0/s1. The Balaban J connectivity index is 2.49. The van der Waals surface area contributed by atoms with Crippen LogP contribution in [-0.2, 0) is 14.4 Å². The maximum atomic E-state index is 12.9. The Labute approximate surface area is 175 Å². The quantitative estimate of drug-likeness (QED) is 0.326. The molecule has 1 aliphatic heterocycles. The number of rotatable bonds is 5. The molecule has 0 spiro atoms. The van der Waals surface area contributed by atoms with Gasteiger partial charge in [-0.15, -0.1) is 0 Å². The maximum absolute atomic E-state index is 12.9. The van der Waals surface area contributed by atoms with Crippen LogP contribution < -0.4 is 5.48 Å². The van der Waals surface area contributed by atoms with Crippen LogP contribution in [0.5, 0.6) is 11.5 Å². The Morgan fingerprint density at radius 3 is 2.67 bits per heavy atom. The van der Waals surface area contributed by atoms with Gasteiger partial charge in [-0.05, 0) is 42.5 Å². The number of carboxylic acid groups (broad SMARTS) is 1. The van der Waals surface area contributed by atoms with Crippen molar-refractivity contribution in [2.24, 2.45) is 5.92 Å². The Kier molecular flexibility index (Phi) is 8.49. The van der Waals surface area contributed by atoms with Crippen LogP contribution in [0.15, 0.2) is 42.1 Å². The topological polar surface area (TPSA) is 125 Å². The minimum absolute atomic E-state index is 0.0614. The summed E-state index contributed by atoms with van der Waals surface area (Å²) in [7, 11) is 0. The summed E-state index contributed by atoms with van der Waals surface area (Å²) in [6, 6.07) is 2.37. The smallest absolute Gasteiger partial charge is 0.342 e. The number of hydroxylamine groups is 1. The van der Waals surface area contributed by atoms with Gasteiger partial charge in [0.2, 0.25) is 0 Å². The highest BCUT2D eigenvalue weighted by atomic mass is 16.7.